The molecule has 1 atom stereocenters. The first-order valence-corrected chi connectivity index (χ1v) is 11.0. The maximum Gasteiger partial charge on any atom is 0.416 e. The molecule has 0 radical (unpaired) electrons. The first-order valence-electron chi connectivity index (χ1n) is 11.0. The van der Waals surface area contributed by atoms with Gasteiger partial charge in [-0.2, -0.15) is 13.2 Å². The van der Waals surface area contributed by atoms with Crippen molar-refractivity contribution in [1.82, 2.24) is 14.7 Å². The number of carbonyl (C=O) groups is 1. The Labute approximate surface area is 177 Å². The number of amides is 1. The molecule has 0 bridgehead atoms. The third-order valence-corrected chi connectivity index (χ3v) is 6.37. The summed E-state index contributed by atoms with van der Waals surface area (Å²) in [6, 6.07) is 5.92. The number of halogens is 3. The number of nitrogens with zero attached hydrogens (tertiary/aromatic N) is 4. The second-order valence-electron chi connectivity index (χ2n) is 8.17. The number of likely N-dealkylation sites (N-methyl/N-ethyl adjacent to an activating group) is 1. The number of alkyl halides is 3. The van der Waals surface area contributed by atoms with E-state index < -0.39 is 11.7 Å². The number of hydrogen-bond acceptors (Lipinski definition) is 4. The van der Waals surface area contributed by atoms with Gasteiger partial charge in [-0.05, 0) is 44.1 Å². The SMILES string of the molecule is CCN(CC)CC(=O)N1CCC[C@@H](N2CCN(c3cccc(C(F)(F)F)c3)CC2)C1. The molecule has 30 heavy (non-hydrogen) atoms. The van der Waals surface area contributed by atoms with Crippen LogP contribution in [0.25, 0.3) is 0 Å². The van der Waals surface area contributed by atoms with E-state index in [1.807, 2.05) is 9.80 Å². The van der Waals surface area contributed by atoms with E-state index in [9.17, 15) is 18.0 Å². The van der Waals surface area contributed by atoms with Crippen molar-refractivity contribution >= 4 is 11.6 Å². The Morgan fingerprint density at radius 2 is 1.80 bits per heavy atom. The van der Waals surface area contributed by atoms with Gasteiger partial charge in [-0.25, -0.2) is 0 Å². The van der Waals surface area contributed by atoms with Crippen LogP contribution in [0.2, 0.25) is 0 Å². The largest absolute Gasteiger partial charge is 0.416 e. The molecule has 0 aliphatic carbocycles. The quantitative estimate of drug-likeness (QED) is 0.699. The van der Waals surface area contributed by atoms with Gasteiger partial charge in [-0.15, -0.1) is 0 Å². The first kappa shape index (κ1) is 22.9. The zero-order valence-corrected chi connectivity index (χ0v) is 18.0. The molecule has 2 aliphatic rings. The third kappa shape index (κ3) is 5.66. The molecule has 3 rings (SSSR count). The number of piperidine rings is 1. The smallest absolute Gasteiger partial charge is 0.369 e. The maximum absolute atomic E-state index is 13.0. The summed E-state index contributed by atoms with van der Waals surface area (Å²) in [5.74, 6) is 0.200. The number of piperazine rings is 1. The molecule has 8 heteroatoms. The monoisotopic (exact) mass is 426 g/mol. The molecule has 0 unspecified atom stereocenters. The molecule has 168 valence electrons. The van der Waals surface area contributed by atoms with Crippen LogP contribution in [0.5, 0.6) is 0 Å². The van der Waals surface area contributed by atoms with Crippen molar-refractivity contribution in [1.29, 1.82) is 0 Å². The summed E-state index contributed by atoms with van der Waals surface area (Å²) in [4.78, 5) is 21.2. The van der Waals surface area contributed by atoms with Crippen LogP contribution in [0.15, 0.2) is 24.3 Å². The second-order valence-corrected chi connectivity index (χ2v) is 8.17. The first-order chi connectivity index (χ1) is 14.3. The maximum atomic E-state index is 13.0. The van der Waals surface area contributed by atoms with E-state index in [2.05, 4.69) is 23.6 Å². The van der Waals surface area contributed by atoms with Gasteiger partial charge in [0.25, 0.3) is 0 Å². The van der Waals surface area contributed by atoms with Crippen LogP contribution in [-0.4, -0.2) is 85.6 Å². The average molecular weight is 427 g/mol. The van der Waals surface area contributed by atoms with Crippen molar-refractivity contribution < 1.29 is 18.0 Å². The normalized spacial score (nSPS) is 21.3. The van der Waals surface area contributed by atoms with Crippen molar-refractivity contribution in [2.24, 2.45) is 0 Å². The van der Waals surface area contributed by atoms with Gasteiger partial charge in [-0.1, -0.05) is 19.9 Å². The third-order valence-electron chi connectivity index (χ3n) is 6.37. The van der Waals surface area contributed by atoms with E-state index in [-0.39, 0.29) is 5.91 Å². The summed E-state index contributed by atoms with van der Waals surface area (Å²) in [7, 11) is 0. The van der Waals surface area contributed by atoms with Gasteiger partial charge >= 0.3 is 6.18 Å². The van der Waals surface area contributed by atoms with E-state index in [1.165, 1.54) is 12.1 Å². The van der Waals surface area contributed by atoms with Crippen LogP contribution < -0.4 is 4.90 Å². The number of rotatable bonds is 6. The minimum atomic E-state index is -4.32. The van der Waals surface area contributed by atoms with Crippen molar-refractivity contribution in [2.45, 2.75) is 38.9 Å². The molecule has 1 amide bonds. The van der Waals surface area contributed by atoms with Crippen LogP contribution >= 0.6 is 0 Å². The van der Waals surface area contributed by atoms with E-state index in [0.717, 1.165) is 58.2 Å². The van der Waals surface area contributed by atoms with E-state index >= 15 is 0 Å². The average Bonchev–Trinajstić information content (AvgIpc) is 2.77. The van der Waals surface area contributed by atoms with Crippen LogP contribution in [0.4, 0.5) is 18.9 Å². The van der Waals surface area contributed by atoms with E-state index in [1.54, 1.807) is 6.07 Å². The van der Waals surface area contributed by atoms with Crippen LogP contribution in [-0.2, 0) is 11.0 Å². The van der Waals surface area contributed by atoms with Gasteiger partial charge in [-0.3, -0.25) is 14.6 Å². The molecular formula is C22H33F3N4O. The number of likely N-dealkylation sites (tertiary alicyclic amines) is 1. The van der Waals surface area contributed by atoms with Crippen molar-refractivity contribution in [3.63, 3.8) is 0 Å². The van der Waals surface area contributed by atoms with Gasteiger partial charge in [0.15, 0.2) is 0 Å². The van der Waals surface area contributed by atoms with E-state index in [4.69, 9.17) is 0 Å². The van der Waals surface area contributed by atoms with Gasteiger partial charge in [0.2, 0.25) is 5.91 Å². The van der Waals surface area contributed by atoms with Gasteiger partial charge in [0.1, 0.15) is 0 Å². The highest BCUT2D eigenvalue weighted by atomic mass is 19.4. The highest BCUT2D eigenvalue weighted by Crippen LogP contribution is 2.32. The highest BCUT2D eigenvalue weighted by Gasteiger charge is 2.32. The predicted molar refractivity (Wildman–Crippen MR) is 113 cm³/mol. The molecular weight excluding hydrogens is 393 g/mol. The Kier molecular flexibility index (Phi) is 7.63. The lowest BCUT2D eigenvalue weighted by Crippen LogP contribution is -2.56. The lowest BCUT2D eigenvalue weighted by molar-refractivity contribution is -0.137. The fraction of sp³-hybridized carbons (Fsp3) is 0.682. The zero-order chi connectivity index (χ0) is 21.7. The molecule has 0 aromatic heterocycles. The zero-order valence-electron chi connectivity index (χ0n) is 18.0. The molecule has 2 aliphatic heterocycles. The van der Waals surface area contributed by atoms with Crippen molar-refractivity contribution in [2.75, 3.05) is 63.8 Å². The molecule has 1 aromatic rings. The topological polar surface area (TPSA) is 30.0 Å². The molecule has 2 saturated heterocycles. The number of carbonyl (C=O) groups excluding carboxylic acids is 1. The Morgan fingerprint density at radius 3 is 2.43 bits per heavy atom. The Hall–Kier alpha value is -1.80. The molecule has 5 nitrogen and oxygen atoms in total. The van der Waals surface area contributed by atoms with Gasteiger partial charge in [0.05, 0.1) is 12.1 Å². The van der Waals surface area contributed by atoms with Gasteiger partial charge < -0.3 is 9.80 Å². The lowest BCUT2D eigenvalue weighted by atomic mass is 10.0. The summed E-state index contributed by atoms with van der Waals surface area (Å²) < 4.78 is 39.0. The standard InChI is InChI=1S/C22H33F3N4O/c1-3-26(4-2)17-21(30)29-10-6-9-20(16-29)28-13-11-27(12-14-28)19-8-5-7-18(15-19)22(23,24)25/h5,7-8,15,20H,3-4,6,9-14,16-17H2,1-2H3/t20-/m1/s1. The molecule has 0 N–H and O–H groups in total. The number of benzene rings is 1. The highest BCUT2D eigenvalue weighted by molar-refractivity contribution is 5.78. The molecule has 2 fully saturated rings. The summed E-state index contributed by atoms with van der Waals surface area (Å²) >= 11 is 0. The summed E-state index contributed by atoms with van der Waals surface area (Å²) in [6.45, 7) is 10.9. The predicted octanol–water partition coefficient (Wildman–Crippen LogP) is 3.16. The molecule has 0 spiro atoms. The number of anilines is 1. The Balaban J connectivity index is 1.54. The second kappa shape index (κ2) is 10.0. The van der Waals surface area contributed by atoms with Crippen LogP contribution in [0.1, 0.15) is 32.3 Å². The van der Waals surface area contributed by atoms with Gasteiger partial charge in [0, 0.05) is 51.0 Å². The summed E-state index contributed by atoms with van der Waals surface area (Å²) in [6.07, 6.45) is -2.25. The molecule has 1 aromatic carbocycles. The van der Waals surface area contributed by atoms with Crippen molar-refractivity contribution in [3.8, 4) is 0 Å². The Morgan fingerprint density at radius 1 is 1.10 bits per heavy atom. The number of hydrogen-bond donors (Lipinski definition) is 0. The van der Waals surface area contributed by atoms with E-state index in [0.29, 0.717) is 31.4 Å². The van der Waals surface area contributed by atoms with Crippen molar-refractivity contribution in [3.05, 3.63) is 29.8 Å². The lowest BCUT2D eigenvalue weighted by Gasteiger charge is -2.44. The minimum absolute atomic E-state index is 0.200. The Bertz CT molecular complexity index is 700. The fourth-order valence-corrected chi connectivity index (χ4v) is 4.44. The van der Waals surface area contributed by atoms with Crippen LogP contribution in [0.3, 0.4) is 0 Å². The molecule has 2 heterocycles. The fourth-order valence-electron chi connectivity index (χ4n) is 4.44. The summed E-state index contributed by atoms with van der Waals surface area (Å²) in [5, 5.41) is 0. The minimum Gasteiger partial charge on any atom is -0.369 e. The van der Waals surface area contributed by atoms with Crippen LogP contribution in [0, 0.1) is 0 Å². The molecule has 0 saturated carbocycles. The summed E-state index contributed by atoms with van der Waals surface area (Å²) in [5.41, 5.74) is 0.0289.